The minimum Gasteiger partial charge on any atom is -0.493 e. The summed E-state index contributed by atoms with van der Waals surface area (Å²) in [7, 11) is 1.63. The average Bonchev–Trinajstić information content (AvgIpc) is 3.57. The van der Waals surface area contributed by atoms with Gasteiger partial charge in [-0.15, -0.1) is 0 Å². The summed E-state index contributed by atoms with van der Waals surface area (Å²) in [6.07, 6.45) is 1.22. The Labute approximate surface area is 170 Å². The van der Waals surface area contributed by atoms with Crippen LogP contribution in [0, 0.1) is 0 Å². The number of benzene rings is 2. The number of carbonyl (C=O) groups excluding carboxylic acids is 1. The quantitative estimate of drug-likeness (QED) is 0.221. The van der Waals surface area contributed by atoms with Crippen molar-refractivity contribution in [3.63, 3.8) is 0 Å². The molecule has 0 bridgehead atoms. The number of hydrogen-bond acceptors (Lipinski definition) is 7. The van der Waals surface area contributed by atoms with E-state index in [0.717, 1.165) is 18.8 Å². The molecule has 0 saturated carbocycles. The molecule has 1 aliphatic heterocycles. The maximum atomic E-state index is 12.3. The first kappa shape index (κ1) is 21.1. The molecule has 2 aromatic carbocycles. The van der Waals surface area contributed by atoms with E-state index in [4.69, 9.17) is 28.4 Å². The van der Waals surface area contributed by atoms with Crippen LogP contribution < -0.4 is 14.2 Å². The van der Waals surface area contributed by atoms with E-state index in [1.54, 1.807) is 55.6 Å². The second-order valence-corrected chi connectivity index (χ2v) is 6.43. The maximum Gasteiger partial charge on any atom is 0.343 e. The van der Waals surface area contributed by atoms with E-state index in [-0.39, 0.29) is 0 Å². The molecular formula is C22H26O7. The summed E-state index contributed by atoms with van der Waals surface area (Å²) < 4.78 is 32.0. The van der Waals surface area contributed by atoms with Crippen molar-refractivity contribution in [2.24, 2.45) is 0 Å². The summed E-state index contributed by atoms with van der Waals surface area (Å²) in [6, 6.07) is 13.8. The molecule has 1 unspecified atom stereocenters. The molecule has 29 heavy (non-hydrogen) atoms. The van der Waals surface area contributed by atoms with Crippen molar-refractivity contribution in [3.8, 4) is 17.2 Å². The fourth-order valence-corrected chi connectivity index (χ4v) is 2.46. The van der Waals surface area contributed by atoms with Gasteiger partial charge >= 0.3 is 5.97 Å². The fourth-order valence-electron chi connectivity index (χ4n) is 2.46. The van der Waals surface area contributed by atoms with Gasteiger partial charge in [0.25, 0.3) is 0 Å². The van der Waals surface area contributed by atoms with Crippen molar-refractivity contribution >= 4 is 5.97 Å². The third-order valence-electron chi connectivity index (χ3n) is 4.16. The van der Waals surface area contributed by atoms with Crippen molar-refractivity contribution in [1.82, 2.24) is 0 Å². The Bertz CT molecular complexity index is 739. The summed E-state index contributed by atoms with van der Waals surface area (Å²) in [5, 5.41) is 0. The minimum atomic E-state index is -0.428. The molecule has 156 valence electrons. The number of hydrogen-bond donors (Lipinski definition) is 0. The summed E-state index contributed by atoms with van der Waals surface area (Å²) in [5.41, 5.74) is 0.455. The third-order valence-corrected chi connectivity index (χ3v) is 4.16. The highest BCUT2D eigenvalue weighted by Crippen LogP contribution is 2.20. The van der Waals surface area contributed by atoms with Crippen LogP contribution in [0.3, 0.4) is 0 Å². The molecule has 1 aliphatic rings. The SMILES string of the molecule is COCCOCCOc1ccc(OC(=O)c2ccc(OCCC3CO3)cc2)cc1. The van der Waals surface area contributed by atoms with E-state index >= 15 is 0 Å². The number of esters is 1. The molecule has 0 amide bonds. The molecule has 1 fully saturated rings. The maximum absolute atomic E-state index is 12.3. The fraction of sp³-hybridized carbons (Fsp3) is 0.409. The van der Waals surface area contributed by atoms with E-state index < -0.39 is 5.97 Å². The third kappa shape index (κ3) is 7.73. The zero-order valence-electron chi connectivity index (χ0n) is 16.5. The number of epoxide rings is 1. The lowest BCUT2D eigenvalue weighted by molar-refractivity contribution is 0.0544. The van der Waals surface area contributed by atoms with Crippen LogP contribution in [0.1, 0.15) is 16.8 Å². The van der Waals surface area contributed by atoms with Gasteiger partial charge in [0.1, 0.15) is 23.9 Å². The highest BCUT2D eigenvalue weighted by molar-refractivity contribution is 5.91. The predicted molar refractivity (Wildman–Crippen MR) is 106 cm³/mol. The smallest absolute Gasteiger partial charge is 0.343 e. The van der Waals surface area contributed by atoms with Crippen molar-refractivity contribution in [2.75, 3.05) is 46.8 Å². The Hall–Kier alpha value is -2.61. The topological polar surface area (TPSA) is 75.8 Å². The van der Waals surface area contributed by atoms with Gasteiger partial charge < -0.3 is 28.4 Å². The van der Waals surface area contributed by atoms with Gasteiger partial charge in [-0.1, -0.05) is 0 Å². The normalized spacial score (nSPS) is 15.0. The highest BCUT2D eigenvalue weighted by Gasteiger charge is 2.21. The van der Waals surface area contributed by atoms with Crippen molar-refractivity contribution < 1.29 is 33.2 Å². The van der Waals surface area contributed by atoms with Gasteiger partial charge in [-0.25, -0.2) is 4.79 Å². The van der Waals surface area contributed by atoms with E-state index in [9.17, 15) is 4.79 Å². The van der Waals surface area contributed by atoms with Crippen LogP contribution in [0.4, 0.5) is 0 Å². The molecule has 1 atom stereocenters. The van der Waals surface area contributed by atoms with E-state index in [2.05, 4.69) is 0 Å². The molecule has 2 aromatic rings. The monoisotopic (exact) mass is 402 g/mol. The van der Waals surface area contributed by atoms with Gasteiger partial charge in [0.2, 0.25) is 0 Å². The molecule has 7 heteroatoms. The Kier molecular flexibility index (Phi) is 8.30. The number of rotatable bonds is 13. The van der Waals surface area contributed by atoms with Crippen LogP contribution in [0.25, 0.3) is 0 Å². The van der Waals surface area contributed by atoms with Crippen LogP contribution in [0.5, 0.6) is 17.2 Å². The summed E-state index contributed by atoms with van der Waals surface area (Å²) in [5.74, 6) is 1.42. The van der Waals surface area contributed by atoms with Crippen LogP contribution in [-0.4, -0.2) is 58.8 Å². The molecule has 0 radical (unpaired) electrons. The first-order valence-electron chi connectivity index (χ1n) is 9.61. The molecule has 7 nitrogen and oxygen atoms in total. The predicted octanol–water partition coefficient (Wildman–Crippen LogP) is 3.12. The van der Waals surface area contributed by atoms with Gasteiger partial charge in [0.15, 0.2) is 0 Å². The molecule has 3 rings (SSSR count). The lowest BCUT2D eigenvalue weighted by atomic mass is 10.2. The Morgan fingerprint density at radius 3 is 2.10 bits per heavy atom. The zero-order valence-corrected chi connectivity index (χ0v) is 16.5. The Balaban J connectivity index is 1.39. The van der Waals surface area contributed by atoms with Crippen molar-refractivity contribution in [1.29, 1.82) is 0 Å². The lowest BCUT2D eigenvalue weighted by Gasteiger charge is -2.09. The second-order valence-electron chi connectivity index (χ2n) is 6.43. The van der Waals surface area contributed by atoms with Gasteiger partial charge in [0.05, 0.1) is 44.7 Å². The summed E-state index contributed by atoms with van der Waals surface area (Å²) in [6.45, 7) is 3.44. The number of methoxy groups -OCH3 is 1. The van der Waals surface area contributed by atoms with Gasteiger partial charge in [-0.3, -0.25) is 0 Å². The Morgan fingerprint density at radius 2 is 1.45 bits per heavy atom. The zero-order chi connectivity index (χ0) is 20.3. The molecule has 1 saturated heterocycles. The Morgan fingerprint density at radius 1 is 0.862 bits per heavy atom. The summed E-state index contributed by atoms with van der Waals surface area (Å²) >= 11 is 0. The molecule has 1 heterocycles. The second kappa shape index (κ2) is 11.4. The largest absolute Gasteiger partial charge is 0.493 e. The lowest BCUT2D eigenvalue weighted by Crippen LogP contribution is -2.10. The summed E-state index contributed by atoms with van der Waals surface area (Å²) in [4.78, 5) is 12.3. The highest BCUT2D eigenvalue weighted by atomic mass is 16.6. The molecule has 0 aromatic heterocycles. The number of ether oxygens (including phenoxy) is 6. The van der Waals surface area contributed by atoms with Crippen LogP contribution in [0.15, 0.2) is 48.5 Å². The van der Waals surface area contributed by atoms with E-state index in [1.165, 1.54) is 0 Å². The van der Waals surface area contributed by atoms with Gasteiger partial charge in [0, 0.05) is 13.5 Å². The molecule has 0 N–H and O–H groups in total. The van der Waals surface area contributed by atoms with Crippen LogP contribution in [-0.2, 0) is 14.2 Å². The van der Waals surface area contributed by atoms with Gasteiger partial charge in [-0.2, -0.15) is 0 Å². The van der Waals surface area contributed by atoms with Gasteiger partial charge in [-0.05, 0) is 48.5 Å². The molecular weight excluding hydrogens is 376 g/mol. The van der Waals surface area contributed by atoms with Crippen molar-refractivity contribution in [3.05, 3.63) is 54.1 Å². The van der Waals surface area contributed by atoms with Crippen LogP contribution >= 0.6 is 0 Å². The molecule has 0 aliphatic carbocycles. The standard InChI is InChI=1S/C22H26O7/c1-24-12-13-25-14-15-27-19-6-8-20(9-7-19)29-22(23)17-2-4-18(5-3-17)26-11-10-21-16-28-21/h2-9,21H,10-16H2,1H3. The first-order chi connectivity index (χ1) is 14.2. The number of carbonyl (C=O) groups is 1. The minimum absolute atomic E-state index is 0.343. The van der Waals surface area contributed by atoms with Crippen LogP contribution in [0.2, 0.25) is 0 Å². The first-order valence-corrected chi connectivity index (χ1v) is 9.61. The average molecular weight is 402 g/mol. The van der Waals surface area contributed by atoms with E-state index in [0.29, 0.717) is 56.2 Å². The molecule has 0 spiro atoms. The van der Waals surface area contributed by atoms with E-state index in [1.807, 2.05) is 0 Å². The van der Waals surface area contributed by atoms with Crippen molar-refractivity contribution in [2.45, 2.75) is 12.5 Å².